The van der Waals surface area contributed by atoms with E-state index in [2.05, 4.69) is 10.1 Å². The summed E-state index contributed by atoms with van der Waals surface area (Å²) in [6.45, 7) is 1.97. The summed E-state index contributed by atoms with van der Waals surface area (Å²) in [4.78, 5) is 4.42. The van der Waals surface area contributed by atoms with Gasteiger partial charge in [0.2, 0.25) is 0 Å². The first-order valence-electron chi connectivity index (χ1n) is 5.32. The molecule has 0 fully saturated rings. The van der Waals surface area contributed by atoms with Gasteiger partial charge < -0.3 is 5.73 Å². The highest BCUT2D eigenvalue weighted by molar-refractivity contribution is 5.16. The summed E-state index contributed by atoms with van der Waals surface area (Å²) in [5, 5.41) is 4.12. The van der Waals surface area contributed by atoms with Gasteiger partial charge in [-0.1, -0.05) is 6.07 Å². The van der Waals surface area contributed by atoms with Gasteiger partial charge in [0.1, 0.15) is 0 Å². The normalized spacial score (nSPS) is 12.7. The fourth-order valence-electron chi connectivity index (χ4n) is 1.71. The minimum atomic E-state index is -0.0656. The van der Waals surface area contributed by atoms with Gasteiger partial charge in [-0.15, -0.1) is 0 Å². The highest BCUT2D eigenvalue weighted by Gasteiger charge is 2.09. The van der Waals surface area contributed by atoms with Crippen molar-refractivity contribution >= 4 is 0 Å². The molecular weight excluding hydrogens is 200 g/mol. The quantitative estimate of drug-likeness (QED) is 0.843. The molecule has 4 heteroatoms. The molecule has 0 aliphatic rings. The van der Waals surface area contributed by atoms with Crippen LogP contribution >= 0.6 is 0 Å². The van der Waals surface area contributed by atoms with E-state index in [1.807, 2.05) is 44.6 Å². The van der Waals surface area contributed by atoms with Crippen LogP contribution in [0.25, 0.3) is 0 Å². The number of hydrogen-bond acceptors (Lipinski definition) is 3. The van der Waals surface area contributed by atoms with Crippen LogP contribution in [0.3, 0.4) is 0 Å². The van der Waals surface area contributed by atoms with Crippen molar-refractivity contribution in [2.24, 2.45) is 12.8 Å². The third-order valence-corrected chi connectivity index (χ3v) is 2.50. The van der Waals surface area contributed by atoms with E-state index in [1.54, 1.807) is 4.68 Å². The second-order valence-corrected chi connectivity index (χ2v) is 4.04. The van der Waals surface area contributed by atoms with E-state index in [1.165, 1.54) is 0 Å². The van der Waals surface area contributed by atoms with Crippen LogP contribution < -0.4 is 5.73 Å². The summed E-state index contributed by atoms with van der Waals surface area (Å²) < 4.78 is 1.78. The van der Waals surface area contributed by atoms with Crippen LogP contribution in [0, 0.1) is 6.92 Å². The lowest BCUT2D eigenvalue weighted by molar-refractivity contribution is 0.692. The van der Waals surface area contributed by atoms with Crippen LogP contribution in [0.4, 0.5) is 0 Å². The Morgan fingerprint density at radius 2 is 2.25 bits per heavy atom. The van der Waals surface area contributed by atoms with E-state index in [0.29, 0.717) is 0 Å². The van der Waals surface area contributed by atoms with Gasteiger partial charge in [0.15, 0.2) is 0 Å². The maximum Gasteiger partial charge on any atom is 0.0577 e. The summed E-state index contributed by atoms with van der Waals surface area (Å²) in [6, 6.07) is 5.86. The van der Waals surface area contributed by atoms with Gasteiger partial charge in [-0.25, -0.2) is 0 Å². The Balaban J connectivity index is 2.11. The van der Waals surface area contributed by atoms with Gasteiger partial charge in [-0.05, 0) is 31.0 Å². The fraction of sp³-hybridized carbons (Fsp3) is 0.333. The Kier molecular flexibility index (Phi) is 3.01. The van der Waals surface area contributed by atoms with Crippen molar-refractivity contribution in [2.45, 2.75) is 19.4 Å². The summed E-state index contributed by atoms with van der Waals surface area (Å²) in [7, 11) is 1.90. The number of aromatic nitrogens is 3. The van der Waals surface area contributed by atoms with E-state index in [4.69, 9.17) is 5.73 Å². The molecule has 1 unspecified atom stereocenters. The van der Waals surface area contributed by atoms with Crippen LogP contribution in [0.5, 0.6) is 0 Å². The van der Waals surface area contributed by atoms with Gasteiger partial charge in [0, 0.05) is 18.9 Å². The van der Waals surface area contributed by atoms with Crippen molar-refractivity contribution in [1.29, 1.82) is 0 Å². The van der Waals surface area contributed by atoms with Crippen molar-refractivity contribution < 1.29 is 0 Å². The topological polar surface area (TPSA) is 56.7 Å². The van der Waals surface area contributed by atoms with E-state index in [9.17, 15) is 0 Å². The summed E-state index contributed by atoms with van der Waals surface area (Å²) in [5.41, 5.74) is 9.18. The predicted octanol–water partition coefficient (Wildman–Crippen LogP) is 1.37. The van der Waals surface area contributed by atoms with Gasteiger partial charge in [-0.3, -0.25) is 9.67 Å². The number of pyridine rings is 1. The number of rotatable bonds is 3. The van der Waals surface area contributed by atoms with Gasteiger partial charge >= 0.3 is 0 Å². The van der Waals surface area contributed by atoms with Gasteiger partial charge in [-0.2, -0.15) is 5.10 Å². The number of aryl methyl sites for hydroxylation is 2. The molecule has 0 saturated heterocycles. The molecule has 1 atom stereocenters. The van der Waals surface area contributed by atoms with Crippen molar-refractivity contribution in [1.82, 2.24) is 14.8 Å². The average molecular weight is 216 g/mol. The monoisotopic (exact) mass is 216 g/mol. The van der Waals surface area contributed by atoms with Crippen LogP contribution in [-0.4, -0.2) is 14.8 Å². The van der Waals surface area contributed by atoms with Crippen molar-refractivity contribution in [2.75, 3.05) is 0 Å². The fourth-order valence-corrected chi connectivity index (χ4v) is 1.71. The van der Waals surface area contributed by atoms with E-state index >= 15 is 0 Å². The van der Waals surface area contributed by atoms with E-state index in [-0.39, 0.29) is 6.04 Å². The molecule has 0 amide bonds. The molecule has 0 aliphatic heterocycles. The molecule has 0 aliphatic carbocycles. The molecule has 2 aromatic heterocycles. The van der Waals surface area contributed by atoms with Crippen molar-refractivity contribution in [3.05, 3.63) is 47.5 Å². The molecule has 2 heterocycles. The molecule has 0 radical (unpaired) electrons. The van der Waals surface area contributed by atoms with Gasteiger partial charge in [0.25, 0.3) is 0 Å². The second-order valence-electron chi connectivity index (χ2n) is 4.04. The zero-order chi connectivity index (χ0) is 11.5. The molecular formula is C12H16N4. The van der Waals surface area contributed by atoms with Crippen LogP contribution in [0.1, 0.15) is 23.0 Å². The minimum Gasteiger partial charge on any atom is -0.322 e. The van der Waals surface area contributed by atoms with Gasteiger partial charge in [0.05, 0.1) is 17.9 Å². The molecule has 2 rings (SSSR count). The standard InChI is InChI=1S/C12H16N4/c1-9-4-3-5-12(15-9)11(13)6-10-7-14-16(2)8-10/h3-5,7-8,11H,6,13H2,1-2H3. The Morgan fingerprint density at radius 3 is 2.88 bits per heavy atom. The largest absolute Gasteiger partial charge is 0.322 e. The lowest BCUT2D eigenvalue weighted by atomic mass is 10.1. The minimum absolute atomic E-state index is 0.0656. The number of hydrogen-bond donors (Lipinski definition) is 1. The van der Waals surface area contributed by atoms with E-state index in [0.717, 1.165) is 23.4 Å². The third-order valence-electron chi connectivity index (χ3n) is 2.50. The van der Waals surface area contributed by atoms with Crippen molar-refractivity contribution in [3.8, 4) is 0 Å². The Morgan fingerprint density at radius 1 is 1.44 bits per heavy atom. The highest BCUT2D eigenvalue weighted by Crippen LogP contribution is 2.13. The number of nitrogens with zero attached hydrogens (tertiary/aromatic N) is 3. The maximum atomic E-state index is 6.11. The molecule has 0 aromatic carbocycles. The molecule has 16 heavy (non-hydrogen) atoms. The lowest BCUT2D eigenvalue weighted by Crippen LogP contribution is -2.14. The zero-order valence-corrected chi connectivity index (χ0v) is 9.59. The first-order chi connectivity index (χ1) is 7.65. The van der Waals surface area contributed by atoms with Crippen LogP contribution in [-0.2, 0) is 13.5 Å². The Hall–Kier alpha value is -1.68. The Bertz CT molecular complexity index is 475. The maximum absolute atomic E-state index is 6.11. The molecule has 0 spiro atoms. The molecule has 0 saturated carbocycles. The summed E-state index contributed by atoms with van der Waals surface area (Å²) in [5.74, 6) is 0. The second kappa shape index (κ2) is 4.45. The lowest BCUT2D eigenvalue weighted by Gasteiger charge is -2.10. The van der Waals surface area contributed by atoms with Crippen LogP contribution in [0.2, 0.25) is 0 Å². The third kappa shape index (κ3) is 2.46. The Labute approximate surface area is 95.1 Å². The molecule has 4 nitrogen and oxygen atoms in total. The predicted molar refractivity (Wildman–Crippen MR) is 62.8 cm³/mol. The summed E-state index contributed by atoms with van der Waals surface area (Å²) >= 11 is 0. The van der Waals surface area contributed by atoms with E-state index < -0.39 is 0 Å². The first-order valence-corrected chi connectivity index (χ1v) is 5.32. The molecule has 0 bridgehead atoms. The van der Waals surface area contributed by atoms with Crippen LogP contribution in [0.15, 0.2) is 30.6 Å². The SMILES string of the molecule is Cc1cccc(C(N)Cc2cnn(C)c2)n1. The number of nitrogens with two attached hydrogens (primary N) is 1. The van der Waals surface area contributed by atoms with Crippen molar-refractivity contribution in [3.63, 3.8) is 0 Å². The first kappa shape index (κ1) is 10.8. The molecule has 2 N–H and O–H groups in total. The summed E-state index contributed by atoms with van der Waals surface area (Å²) in [6.07, 6.45) is 4.59. The highest BCUT2D eigenvalue weighted by atomic mass is 15.2. The average Bonchev–Trinajstić information content (AvgIpc) is 2.64. The zero-order valence-electron chi connectivity index (χ0n) is 9.59. The molecule has 2 aromatic rings. The molecule has 84 valence electrons. The smallest absolute Gasteiger partial charge is 0.0577 e.